The highest BCUT2D eigenvalue weighted by molar-refractivity contribution is 5.90. The summed E-state index contributed by atoms with van der Waals surface area (Å²) in [5, 5.41) is 8.95. The topological polar surface area (TPSA) is 99.9 Å². The number of anilines is 1. The predicted molar refractivity (Wildman–Crippen MR) is 63.3 cm³/mol. The number of nitrogens with one attached hydrogen (secondary N) is 2. The molecular weight excluding hydrogens is 220 g/mol. The molecule has 0 aromatic carbocycles. The molecule has 0 radical (unpaired) electrons. The minimum atomic E-state index is -0.246. The highest BCUT2D eigenvalue weighted by Gasteiger charge is 2.22. The summed E-state index contributed by atoms with van der Waals surface area (Å²) in [5.41, 5.74) is 5.33. The van der Waals surface area contributed by atoms with E-state index in [-0.39, 0.29) is 17.7 Å². The molecule has 0 saturated carbocycles. The summed E-state index contributed by atoms with van der Waals surface area (Å²) in [7, 11) is 0. The lowest BCUT2D eigenvalue weighted by Crippen LogP contribution is -2.31. The third-order valence-electron chi connectivity index (χ3n) is 3.09. The normalized spacial score (nSPS) is 20.6. The Morgan fingerprint density at radius 3 is 3.12 bits per heavy atom. The Morgan fingerprint density at radius 2 is 2.53 bits per heavy atom. The van der Waals surface area contributed by atoms with Crippen molar-refractivity contribution in [2.75, 3.05) is 31.9 Å². The maximum Gasteiger partial charge on any atom is 0.288 e. The highest BCUT2D eigenvalue weighted by atomic mass is 16.2. The van der Waals surface area contributed by atoms with Gasteiger partial charge in [0.1, 0.15) is 0 Å². The molecule has 4 N–H and O–H groups in total. The Kier molecular flexibility index (Phi) is 3.58. The molecule has 1 amide bonds. The summed E-state index contributed by atoms with van der Waals surface area (Å²) in [5.74, 6) is 0.546. The van der Waals surface area contributed by atoms with E-state index in [1.54, 1.807) is 0 Å². The van der Waals surface area contributed by atoms with Crippen molar-refractivity contribution in [1.29, 1.82) is 0 Å². The summed E-state index contributed by atoms with van der Waals surface area (Å²) in [6.45, 7) is 6.07. The molecule has 0 aliphatic carbocycles. The van der Waals surface area contributed by atoms with Crippen LogP contribution >= 0.6 is 0 Å². The SMILES string of the molecule is CCN1CCC(CNC(=O)c2nc(N)n[nH]2)C1. The van der Waals surface area contributed by atoms with Crippen LogP contribution in [0.3, 0.4) is 0 Å². The van der Waals surface area contributed by atoms with Crippen molar-refractivity contribution < 1.29 is 4.79 Å². The number of nitrogens with two attached hydrogens (primary N) is 1. The molecule has 1 fully saturated rings. The maximum absolute atomic E-state index is 11.7. The molecule has 1 unspecified atom stereocenters. The third kappa shape index (κ3) is 2.94. The Morgan fingerprint density at radius 1 is 1.71 bits per heavy atom. The van der Waals surface area contributed by atoms with Gasteiger partial charge in [0, 0.05) is 13.1 Å². The van der Waals surface area contributed by atoms with Crippen LogP contribution in [0.1, 0.15) is 24.0 Å². The molecule has 0 bridgehead atoms. The molecule has 1 atom stereocenters. The van der Waals surface area contributed by atoms with Gasteiger partial charge < -0.3 is 16.0 Å². The second kappa shape index (κ2) is 5.13. The lowest BCUT2D eigenvalue weighted by atomic mass is 10.1. The molecule has 1 aromatic heterocycles. The maximum atomic E-state index is 11.7. The summed E-state index contributed by atoms with van der Waals surface area (Å²) in [6, 6.07) is 0. The van der Waals surface area contributed by atoms with E-state index in [9.17, 15) is 4.79 Å². The zero-order valence-corrected chi connectivity index (χ0v) is 9.94. The molecular formula is C10H18N6O. The van der Waals surface area contributed by atoms with Crippen molar-refractivity contribution in [3.05, 3.63) is 5.82 Å². The van der Waals surface area contributed by atoms with Crippen LogP contribution in [0.25, 0.3) is 0 Å². The Bertz CT molecular complexity index is 390. The van der Waals surface area contributed by atoms with Crippen molar-refractivity contribution in [3.63, 3.8) is 0 Å². The summed E-state index contributed by atoms with van der Waals surface area (Å²) in [4.78, 5) is 17.8. The Balaban J connectivity index is 1.77. The van der Waals surface area contributed by atoms with E-state index in [0.29, 0.717) is 12.5 Å². The van der Waals surface area contributed by atoms with Crippen molar-refractivity contribution in [3.8, 4) is 0 Å². The molecule has 2 heterocycles. The lowest BCUT2D eigenvalue weighted by molar-refractivity contribution is 0.0937. The largest absolute Gasteiger partial charge is 0.366 e. The smallest absolute Gasteiger partial charge is 0.288 e. The molecule has 2 rings (SSSR count). The quantitative estimate of drug-likeness (QED) is 0.654. The average Bonchev–Trinajstić information content (AvgIpc) is 2.94. The van der Waals surface area contributed by atoms with Crippen LogP contribution in [-0.2, 0) is 0 Å². The molecule has 7 heteroatoms. The fraction of sp³-hybridized carbons (Fsp3) is 0.700. The molecule has 0 spiro atoms. The van der Waals surface area contributed by atoms with E-state index in [4.69, 9.17) is 5.73 Å². The van der Waals surface area contributed by atoms with Gasteiger partial charge in [-0.05, 0) is 25.4 Å². The third-order valence-corrected chi connectivity index (χ3v) is 3.09. The first kappa shape index (κ1) is 11.8. The van der Waals surface area contributed by atoms with E-state index in [1.165, 1.54) is 0 Å². The number of likely N-dealkylation sites (tertiary alicyclic amines) is 1. The van der Waals surface area contributed by atoms with Gasteiger partial charge in [-0.2, -0.15) is 4.98 Å². The molecule has 17 heavy (non-hydrogen) atoms. The zero-order valence-electron chi connectivity index (χ0n) is 9.94. The van der Waals surface area contributed by atoms with E-state index in [1.807, 2.05) is 0 Å². The number of nitrogens with zero attached hydrogens (tertiary/aromatic N) is 3. The van der Waals surface area contributed by atoms with Crippen LogP contribution in [-0.4, -0.2) is 52.2 Å². The standard InChI is InChI=1S/C10H18N6O/c1-2-16-4-3-7(6-16)5-12-9(17)8-13-10(11)15-14-8/h7H,2-6H2,1H3,(H,12,17)(H3,11,13,14,15). The summed E-state index contributed by atoms with van der Waals surface area (Å²) >= 11 is 0. The fourth-order valence-electron chi connectivity index (χ4n) is 2.06. The number of hydrogen-bond acceptors (Lipinski definition) is 5. The van der Waals surface area contributed by atoms with Gasteiger partial charge in [0.15, 0.2) is 0 Å². The monoisotopic (exact) mass is 238 g/mol. The lowest BCUT2D eigenvalue weighted by Gasteiger charge is -2.13. The first-order valence-electron chi connectivity index (χ1n) is 5.87. The van der Waals surface area contributed by atoms with Crippen LogP contribution < -0.4 is 11.1 Å². The number of aromatic nitrogens is 3. The van der Waals surface area contributed by atoms with Crippen LogP contribution in [0.4, 0.5) is 5.95 Å². The van der Waals surface area contributed by atoms with Crippen molar-refractivity contribution >= 4 is 11.9 Å². The first-order valence-corrected chi connectivity index (χ1v) is 5.87. The second-order valence-corrected chi connectivity index (χ2v) is 4.30. The van der Waals surface area contributed by atoms with Gasteiger partial charge in [-0.3, -0.25) is 9.89 Å². The van der Waals surface area contributed by atoms with Gasteiger partial charge in [0.2, 0.25) is 11.8 Å². The van der Waals surface area contributed by atoms with Crippen LogP contribution in [0.5, 0.6) is 0 Å². The van der Waals surface area contributed by atoms with Gasteiger partial charge >= 0.3 is 0 Å². The van der Waals surface area contributed by atoms with Crippen LogP contribution in [0, 0.1) is 5.92 Å². The minimum absolute atomic E-state index is 0.0909. The van der Waals surface area contributed by atoms with Crippen LogP contribution in [0.15, 0.2) is 0 Å². The molecule has 94 valence electrons. The van der Waals surface area contributed by atoms with Gasteiger partial charge in [0.05, 0.1) is 0 Å². The predicted octanol–water partition coefficient (Wildman–Crippen LogP) is -0.541. The van der Waals surface area contributed by atoms with Crippen molar-refractivity contribution in [2.45, 2.75) is 13.3 Å². The number of amides is 1. The van der Waals surface area contributed by atoms with Gasteiger partial charge in [0.25, 0.3) is 5.91 Å². The number of rotatable bonds is 4. The average molecular weight is 238 g/mol. The van der Waals surface area contributed by atoms with E-state index in [2.05, 4.69) is 32.3 Å². The Hall–Kier alpha value is -1.63. The number of carbonyl (C=O) groups is 1. The number of H-pyrrole nitrogens is 1. The molecule has 1 aliphatic heterocycles. The minimum Gasteiger partial charge on any atom is -0.366 e. The number of nitrogen functional groups attached to an aromatic ring is 1. The zero-order chi connectivity index (χ0) is 12.3. The number of aromatic amines is 1. The second-order valence-electron chi connectivity index (χ2n) is 4.30. The van der Waals surface area contributed by atoms with E-state index < -0.39 is 0 Å². The molecule has 1 saturated heterocycles. The van der Waals surface area contributed by atoms with Gasteiger partial charge in [-0.25, -0.2) is 0 Å². The van der Waals surface area contributed by atoms with Crippen molar-refractivity contribution in [2.24, 2.45) is 5.92 Å². The van der Waals surface area contributed by atoms with E-state index in [0.717, 1.165) is 26.1 Å². The number of carbonyl (C=O) groups excluding carboxylic acids is 1. The molecule has 1 aliphatic rings. The Labute approximate surface area is 99.8 Å². The van der Waals surface area contributed by atoms with E-state index >= 15 is 0 Å². The van der Waals surface area contributed by atoms with Gasteiger partial charge in [-0.1, -0.05) is 6.92 Å². The highest BCUT2D eigenvalue weighted by Crippen LogP contribution is 2.14. The molecule has 1 aromatic rings. The van der Waals surface area contributed by atoms with Crippen LogP contribution in [0.2, 0.25) is 0 Å². The first-order chi connectivity index (χ1) is 8.19. The fourth-order valence-corrected chi connectivity index (χ4v) is 2.06. The number of hydrogen-bond donors (Lipinski definition) is 3. The summed E-state index contributed by atoms with van der Waals surface area (Å²) < 4.78 is 0. The molecule has 7 nitrogen and oxygen atoms in total. The van der Waals surface area contributed by atoms with Gasteiger partial charge in [-0.15, -0.1) is 5.10 Å². The summed E-state index contributed by atoms with van der Waals surface area (Å²) in [6.07, 6.45) is 1.13. The van der Waals surface area contributed by atoms with Crippen molar-refractivity contribution in [1.82, 2.24) is 25.4 Å².